The number of hydrogen-bond donors (Lipinski definition) is 3. The van der Waals surface area contributed by atoms with Crippen LogP contribution in [-0.4, -0.2) is 43.4 Å². The van der Waals surface area contributed by atoms with Crippen molar-refractivity contribution in [3.05, 3.63) is 29.8 Å². The average molecular weight is 469 g/mol. The van der Waals surface area contributed by atoms with Gasteiger partial charge in [0.2, 0.25) is 0 Å². The summed E-state index contributed by atoms with van der Waals surface area (Å²) in [5, 5.41) is 16.0. The topological polar surface area (TPSA) is 65.9 Å². The van der Waals surface area contributed by atoms with E-state index in [1.807, 2.05) is 6.92 Å². The van der Waals surface area contributed by atoms with Crippen molar-refractivity contribution in [1.82, 2.24) is 10.6 Å². The number of guanidine groups is 1. The third-order valence-corrected chi connectivity index (χ3v) is 3.99. The van der Waals surface area contributed by atoms with Crippen LogP contribution in [0.3, 0.4) is 0 Å². The Kier molecular flexibility index (Phi) is 10.0. The molecule has 1 saturated carbocycles. The van der Waals surface area contributed by atoms with Crippen molar-refractivity contribution in [3.63, 3.8) is 0 Å². The van der Waals surface area contributed by atoms with Crippen LogP contribution < -0.4 is 15.4 Å². The van der Waals surface area contributed by atoms with Crippen molar-refractivity contribution in [2.45, 2.75) is 32.3 Å². The van der Waals surface area contributed by atoms with Gasteiger partial charge in [0.1, 0.15) is 12.4 Å². The second-order valence-electron chi connectivity index (χ2n) is 5.83. The molecule has 0 saturated heterocycles. The number of nitrogens with one attached hydrogen (secondary N) is 2. The first kappa shape index (κ1) is 21.9. The van der Waals surface area contributed by atoms with Crippen molar-refractivity contribution in [1.29, 1.82) is 0 Å². The molecule has 1 aromatic rings. The van der Waals surface area contributed by atoms with E-state index in [1.54, 1.807) is 0 Å². The molecular weight excluding hydrogens is 443 g/mol. The Balaban J connectivity index is 0.00000312. The highest BCUT2D eigenvalue weighted by Crippen LogP contribution is 2.25. The molecule has 2 unspecified atom stereocenters. The molecule has 25 heavy (non-hydrogen) atoms. The van der Waals surface area contributed by atoms with Gasteiger partial charge in [0, 0.05) is 25.1 Å². The molecule has 1 aromatic carbocycles. The van der Waals surface area contributed by atoms with E-state index in [-0.39, 0.29) is 48.4 Å². The van der Waals surface area contributed by atoms with E-state index >= 15 is 0 Å². The summed E-state index contributed by atoms with van der Waals surface area (Å²) < 4.78 is 31.5. The second kappa shape index (κ2) is 11.5. The fraction of sp³-hybridized carbons (Fsp3) is 0.588. The third-order valence-electron chi connectivity index (χ3n) is 3.99. The standard InChI is InChI=1S/C17H25F2N3O2.HI/c1-2-20-17(22-11-12-4-3-5-15(12)23)21-8-9-24-16-7-6-13(18)10-14(16)19;/h6-7,10,12,15,23H,2-5,8-9,11H2,1H3,(H2,20,21,22);1H. The summed E-state index contributed by atoms with van der Waals surface area (Å²) in [6.45, 7) is 3.90. The van der Waals surface area contributed by atoms with Crippen molar-refractivity contribution in [3.8, 4) is 5.75 Å². The van der Waals surface area contributed by atoms with Crippen LogP contribution in [0.15, 0.2) is 23.2 Å². The quantitative estimate of drug-likeness (QED) is 0.249. The fourth-order valence-electron chi connectivity index (χ4n) is 2.70. The van der Waals surface area contributed by atoms with Gasteiger partial charge in [-0.3, -0.25) is 4.99 Å². The fourth-order valence-corrected chi connectivity index (χ4v) is 2.70. The maximum Gasteiger partial charge on any atom is 0.191 e. The number of aliphatic hydroxyl groups is 1. The SMILES string of the molecule is CCNC(=NCC1CCCC1O)NCCOc1ccc(F)cc1F.I. The number of rotatable bonds is 7. The van der Waals surface area contributed by atoms with Crippen LogP contribution in [0.5, 0.6) is 5.75 Å². The predicted molar refractivity (Wildman–Crippen MR) is 105 cm³/mol. The molecule has 142 valence electrons. The lowest BCUT2D eigenvalue weighted by molar-refractivity contribution is 0.136. The van der Waals surface area contributed by atoms with Crippen LogP contribution in [0, 0.1) is 17.6 Å². The lowest BCUT2D eigenvalue weighted by atomic mass is 10.1. The summed E-state index contributed by atoms with van der Waals surface area (Å²) in [6, 6.07) is 3.22. The first-order valence-corrected chi connectivity index (χ1v) is 8.38. The minimum atomic E-state index is -0.717. The largest absolute Gasteiger partial charge is 0.489 e. The number of ether oxygens (including phenoxy) is 1. The molecule has 2 atom stereocenters. The van der Waals surface area contributed by atoms with E-state index in [1.165, 1.54) is 6.07 Å². The first-order valence-electron chi connectivity index (χ1n) is 8.38. The van der Waals surface area contributed by atoms with Gasteiger partial charge in [-0.1, -0.05) is 6.42 Å². The van der Waals surface area contributed by atoms with E-state index in [9.17, 15) is 13.9 Å². The minimum absolute atomic E-state index is 0. The number of benzene rings is 1. The Morgan fingerprint density at radius 1 is 1.32 bits per heavy atom. The molecule has 0 heterocycles. The molecule has 0 aromatic heterocycles. The van der Waals surface area contributed by atoms with Crippen LogP contribution in [-0.2, 0) is 0 Å². The Morgan fingerprint density at radius 3 is 2.76 bits per heavy atom. The van der Waals surface area contributed by atoms with Gasteiger partial charge in [-0.2, -0.15) is 0 Å². The highest BCUT2D eigenvalue weighted by Gasteiger charge is 2.24. The first-order chi connectivity index (χ1) is 11.6. The van der Waals surface area contributed by atoms with Gasteiger partial charge in [0.25, 0.3) is 0 Å². The molecular formula is C17H26F2IN3O2. The van der Waals surface area contributed by atoms with Gasteiger partial charge in [-0.15, -0.1) is 24.0 Å². The summed E-state index contributed by atoms with van der Waals surface area (Å²) in [5.41, 5.74) is 0. The van der Waals surface area contributed by atoms with E-state index < -0.39 is 11.6 Å². The van der Waals surface area contributed by atoms with Crippen LogP contribution >= 0.6 is 24.0 Å². The van der Waals surface area contributed by atoms with E-state index in [0.717, 1.165) is 31.4 Å². The van der Waals surface area contributed by atoms with Crippen molar-refractivity contribution < 1.29 is 18.6 Å². The number of halogens is 3. The summed E-state index contributed by atoms with van der Waals surface area (Å²) in [5.74, 6) is -0.474. The monoisotopic (exact) mass is 469 g/mol. The Labute approximate surface area is 164 Å². The molecule has 1 aliphatic rings. The lowest BCUT2D eigenvalue weighted by Gasteiger charge is -2.15. The maximum atomic E-state index is 13.4. The smallest absolute Gasteiger partial charge is 0.191 e. The molecule has 0 amide bonds. The average Bonchev–Trinajstić information content (AvgIpc) is 2.96. The van der Waals surface area contributed by atoms with Gasteiger partial charge in [-0.25, -0.2) is 8.78 Å². The summed E-state index contributed by atoms with van der Waals surface area (Å²) in [6.07, 6.45) is 2.63. The highest BCUT2D eigenvalue weighted by molar-refractivity contribution is 14.0. The minimum Gasteiger partial charge on any atom is -0.489 e. The van der Waals surface area contributed by atoms with E-state index in [2.05, 4.69) is 15.6 Å². The molecule has 0 aliphatic heterocycles. The van der Waals surface area contributed by atoms with Gasteiger partial charge in [0.15, 0.2) is 17.5 Å². The second-order valence-corrected chi connectivity index (χ2v) is 5.83. The number of hydrogen-bond acceptors (Lipinski definition) is 3. The van der Waals surface area contributed by atoms with Crippen molar-refractivity contribution in [2.75, 3.05) is 26.2 Å². The zero-order chi connectivity index (χ0) is 17.4. The van der Waals surface area contributed by atoms with Gasteiger partial charge in [0.05, 0.1) is 12.6 Å². The number of aliphatic hydroxyl groups excluding tert-OH is 1. The molecule has 1 aliphatic carbocycles. The van der Waals surface area contributed by atoms with E-state index in [4.69, 9.17) is 4.74 Å². The summed E-state index contributed by atoms with van der Waals surface area (Å²) in [4.78, 5) is 4.47. The zero-order valence-electron chi connectivity index (χ0n) is 14.3. The van der Waals surface area contributed by atoms with Gasteiger partial charge in [-0.05, 0) is 31.9 Å². The molecule has 0 spiro atoms. The normalized spacial score (nSPS) is 20.1. The molecule has 0 bridgehead atoms. The number of aliphatic imine (C=N–C) groups is 1. The lowest BCUT2D eigenvalue weighted by Crippen LogP contribution is -2.39. The maximum absolute atomic E-state index is 13.4. The highest BCUT2D eigenvalue weighted by atomic mass is 127. The van der Waals surface area contributed by atoms with Crippen LogP contribution in [0.4, 0.5) is 8.78 Å². The predicted octanol–water partition coefficient (Wildman–Crippen LogP) is 2.68. The van der Waals surface area contributed by atoms with Crippen LogP contribution in [0.1, 0.15) is 26.2 Å². The molecule has 3 N–H and O–H groups in total. The van der Waals surface area contributed by atoms with Crippen molar-refractivity contribution in [2.24, 2.45) is 10.9 Å². The summed E-state index contributed by atoms with van der Waals surface area (Å²) >= 11 is 0. The van der Waals surface area contributed by atoms with Crippen LogP contribution in [0.2, 0.25) is 0 Å². The van der Waals surface area contributed by atoms with Gasteiger partial charge >= 0.3 is 0 Å². The van der Waals surface area contributed by atoms with Gasteiger partial charge < -0.3 is 20.5 Å². The molecule has 5 nitrogen and oxygen atoms in total. The third kappa shape index (κ3) is 7.31. The van der Waals surface area contributed by atoms with E-state index in [0.29, 0.717) is 25.6 Å². The Hall–Kier alpha value is -1.16. The van der Waals surface area contributed by atoms with Crippen molar-refractivity contribution >= 4 is 29.9 Å². The Bertz CT molecular complexity index is 561. The Morgan fingerprint density at radius 2 is 2.12 bits per heavy atom. The molecule has 1 fully saturated rings. The summed E-state index contributed by atoms with van der Waals surface area (Å²) in [7, 11) is 0. The molecule has 2 rings (SSSR count). The zero-order valence-corrected chi connectivity index (χ0v) is 16.6. The molecule has 0 radical (unpaired) electrons. The number of nitrogens with zero attached hydrogens (tertiary/aromatic N) is 1. The molecule has 8 heteroatoms. The van der Waals surface area contributed by atoms with Crippen LogP contribution in [0.25, 0.3) is 0 Å².